The van der Waals surface area contributed by atoms with Gasteiger partial charge in [-0.05, 0) is 94.4 Å². The van der Waals surface area contributed by atoms with Crippen LogP contribution in [-0.2, 0) is 0 Å². The Morgan fingerprint density at radius 1 is 0.349 bits per heavy atom. The van der Waals surface area contributed by atoms with Crippen LogP contribution in [0.1, 0.15) is 32.9 Å². The molecule has 1 aliphatic rings. The molecule has 1 nitrogen and oxygen atoms in total. The lowest BCUT2D eigenvalue weighted by molar-refractivity contribution is 0.487. The Kier molecular flexibility index (Phi) is 1.96. The molecule has 0 unspecified atom stereocenters. The monoisotopic (exact) mass is 568 g/mol. The number of para-hydroxylation sites is 1. The van der Waals surface area contributed by atoms with Gasteiger partial charge in [0.2, 0.25) is 0 Å². The van der Waals surface area contributed by atoms with Crippen molar-refractivity contribution in [1.29, 1.82) is 0 Å². The maximum absolute atomic E-state index is 9.67. The molecule has 43 heavy (non-hydrogen) atoms. The number of hydrogen-bond donors (Lipinski definition) is 0. The SMILES string of the molecule is [2H]c1c([2H])c([2H])c2c(c1[2H])Oc1c([2H])c([2H])c(-c3c([2H])c([2H])c([2H])c4c([2H])c(-c5c([2H])c([2H])c6c([2H])c([2H])c7c([2H])c([2H])c([2H])c8c([2H])c([2H])c5c6c78)c([2H])c([2H])c34)c3c([2H])c([2H])c([2H])c-2c13. The third-order valence-corrected chi connectivity index (χ3v) is 7.51. The second-order valence-electron chi connectivity index (χ2n) is 9.76. The third kappa shape index (κ3) is 3.17. The van der Waals surface area contributed by atoms with E-state index in [1.54, 1.807) is 0 Å². The summed E-state index contributed by atoms with van der Waals surface area (Å²) in [7, 11) is 0. The van der Waals surface area contributed by atoms with E-state index in [0.29, 0.717) is 0 Å². The maximum atomic E-state index is 9.67. The van der Waals surface area contributed by atoms with Crippen molar-refractivity contribution in [2.24, 2.45) is 0 Å². The van der Waals surface area contributed by atoms with Crippen LogP contribution in [0.2, 0.25) is 0 Å². The highest BCUT2D eigenvalue weighted by Gasteiger charge is 2.21. The highest BCUT2D eigenvalue weighted by molar-refractivity contribution is 6.25. The van der Waals surface area contributed by atoms with Gasteiger partial charge < -0.3 is 4.74 Å². The van der Waals surface area contributed by atoms with Crippen LogP contribution in [0.5, 0.6) is 11.5 Å². The number of benzene rings is 9. The van der Waals surface area contributed by atoms with Crippen LogP contribution >= 0.6 is 0 Å². The van der Waals surface area contributed by atoms with Crippen LogP contribution in [0.3, 0.4) is 0 Å². The molecule has 9 aromatic carbocycles. The molecule has 9 aromatic rings. The van der Waals surface area contributed by atoms with Crippen molar-refractivity contribution >= 4 is 53.9 Å². The zero-order valence-corrected chi connectivity index (χ0v) is 21.4. The summed E-state index contributed by atoms with van der Waals surface area (Å²) in [4.78, 5) is 0. The fourth-order valence-electron chi connectivity index (χ4n) is 5.64. The second kappa shape index (κ2) is 8.44. The largest absolute Gasteiger partial charge is 0.456 e. The Hall–Kier alpha value is -5.66. The summed E-state index contributed by atoms with van der Waals surface area (Å²) >= 11 is 0. The van der Waals surface area contributed by atoms with Crippen LogP contribution in [0.25, 0.3) is 87.2 Å². The van der Waals surface area contributed by atoms with Gasteiger partial charge in [-0.15, -0.1) is 0 Å². The predicted octanol–water partition coefficient (Wildman–Crippen LogP) is 12.0. The Labute approximate surface area is 282 Å². The maximum Gasteiger partial charge on any atom is 0.135 e. The molecule has 0 radical (unpaired) electrons. The van der Waals surface area contributed by atoms with Crippen LogP contribution in [0.4, 0.5) is 0 Å². The van der Waals surface area contributed by atoms with Crippen LogP contribution < -0.4 is 4.74 Å². The lowest BCUT2D eigenvalue weighted by atomic mass is 9.87. The number of fused-ring (bicyclic) bond motifs is 3. The van der Waals surface area contributed by atoms with Crippen molar-refractivity contribution in [3.63, 3.8) is 0 Å². The molecule has 0 amide bonds. The lowest BCUT2D eigenvalue weighted by Crippen LogP contribution is -1.97. The first kappa shape index (κ1) is 9.97. The summed E-state index contributed by atoms with van der Waals surface area (Å²) in [5.74, 6) is -1.09. The van der Waals surface area contributed by atoms with Gasteiger partial charge in [-0.25, -0.2) is 0 Å². The summed E-state index contributed by atoms with van der Waals surface area (Å²) in [6.07, 6.45) is 0. The van der Waals surface area contributed by atoms with Crippen molar-refractivity contribution < 1.29 is 37.6 Å². The molecule has 0 saturated carbocycles. The van der Waals surface area contributed by atoms with Crippen molar-refractivity contribution in [3.05, 3.63) is 145 Å². The molecular formula is C42H24O. The fourth-order valence-corrected chi connectivity index (χ4v) is 5.64. The van der Waals surface area contributed by atoms with Crippen molar-refractivity contribution in [1.82, 2.24) is 0 Å². The minimum atomic E-state index is -0.957. The van der Waals surface area contributed by atoms with Gasteiger partial charge in [0.15, 0.2) is 0 Å². The first-order chi connectivity index (χ1) is 31.3. The molecule has 1 heterocycles. The topological polar surface area (TPSA) is 9.23 Å². The number of ether oxygens (including phenoxy) is 1. The minimum Gasteiger partial charge on any atom is -0.456 e. The van der Waals surface area contributed by atoms with E-state index in [9.17, 15) is 9.60 Å². The average molecular weight is 569 g/mol. The second-order valence-corrected chi connectivity index (χ2v) is 9.76. The number of rotatable bonds is 2. The average Bonchev–Trinajstić information content (AvgIpc) is 3.29. The first-order valence-corrected chi connectivity index (χ1v) is 12.9. The standard InChI is InChI=1S/C42H24O/c1-2-13-38-34(9-1)36-12-5-11-35-33(22-23-39(43-38)42(35)36)32-10-4-8-28-24-29(18-20-30(28)32)31-19-16-27-15-14-25-6-3-7-26-17-21-37(31)41(27)40(25)26/h1-24H/i1D,2D,3D,4D,5D,6D,7D,8D,9D,10D,11D,12D,13D,14D,15D,16D,17D,18D,19D,20D,21D,22D,23D,24D. The van der Waals surface area contributed by atoms with Gasteiger partial charge in [-0.3, -0.25) is 0 Å². The van der Waals surface area contributed by atoms with Gasteiger partial charge in [-0.1, -0.05) is 127 Å². The summed E-state index contributed by atoms with van der Waals surface area (Å²) in [5.41, 5.74) is -3.40. The van der Waals surface area contributed by atoms with Crippen molar-refractivity contribution in [3.8, 4) is 44.9 Å². The summed E-state index contributed by atoms with van der Waals surface area (Å²) in [5, 5.41) is -4.29. The zero-order chi connectivity index (χ0) is 49.0. The highest BCUT2D eigenvalue weighted by atomic mass is 16.5. The minimum absolute atomic E-state index is 0.233. The van der Waals surface area contributed by atoms with E-state index in [1.807, 2.05) is 0 Å². The quantitative estimate of drug-likeness (QED) is 0.188. The van der Waals surface area contributed by atoms with E-state index in [4.69, 9.17) is 28.0 Å². The normalized spacial score (nSPS) is 20.2. The van der Waals surface area contributed by atoms with Crippen molar-refractivity contribution in [2.45, 2.75) is 0 Å². The molecule has 0 aromatic heterocycles. The molecule has 0 N–H and O–H groups in total. The molecule has 0 atom stereocenters. The van der Waals surface area contributed by atoms with Gasteiger partial charge in [-0.2, -0.15) is 0 Å². The molecule has 0 saturated heterocycles. The lowest BCUT2D eigenvalue weighted by Gasteiger charge is -2.22. The Bertz CT molecular complexity index is 3910. The van der Waals surface area contributed by atoms with Crippen LogP contribution in [0.15, 0.2) is 145 Å². The first-order valence-electron chi connectivity index (χ1n) is 24.9. The molecule has 1 aliphatic heterocycles. The van der Waals surface area contributed by atoms with Crippen molar-refractivity contribution in [2.75, 3.05) is 0 Å². The summed E-state index contributed by atoms with van der Waals surface area (Å²) in [6, 6.07) is -19.1. The Morgan fingerprint density at radius 3 is 1.91 bits per heavy atom. The van der Waals surface area contributed by atoms with Crippen LogP contribution in [0, 0.1) is 0 Å². The molecule has 0 spiro atoms. The van der Waals surface area contributed by atoms with Gasteiger partial charge in [0.05, 0.1) is 32.9 Å². The highest BCUT2D eigenvalue weighted by Crippen LogP contribution is 2.49. The van der Waals surface area contributed by atoms with E-state index >= 15 is 0 Å². The van der Waals surface area contributed by atoms with E-state index in [2.05, 4.69) is 0 Å². The predicted molar refractivity (Wildman–Crippen MR) is 182 cm³/mol. The molecule has 10 rings (SSSR count). The fraction of sp³-hybridized carbons (Fsp3) is 0. The van der Waals surface area contributed by atoms with E-state index in [0.717, 1.165) is 0 Å². The molecule has 0 fully saturated rings. The van der Waals surface area contributed by atoms with E-state index in [-0.39, 0.29) is 26.9 Å². The zero-order valence-electron chi connectivity index (χ0n) is 45.4. The van der Waals surface area contributed by atoms with E-state index in [1.165, 1.54) is 0 Å². The molecule has 0 bridgehead atoms. The number of hydrogen-bond acceptors (Lipinski definition) is 1. The van der Waals surface area contributed by atoms with Gasteiger partial charge in [0, 0.05) is 10.9 Å². The Morgan fingerprint density at radius 2 is 0.977 bits per heavy atom. The molecule has 0 aliphatic carbocycles. The van der Waals surface area contributed by atoms with E-state index < -0.39 is 217 Å². The third-order valence-electron chi connectivity index (χ3n) is 7.51. The molecule has 1 heteroatoms. The summed E-state index contributed by atoms with van der Waals surface area (Å²) in [6.45, 7) is 0. The Balaban J connectivity index is 1.41. The smallest absolute Gasteiger partial charge is 0.135 e. The van der Waals surface area contributed by atoms with Gasteiger partial charge in [0.1, 0.15) is 11.5 Å². The molecule has 198 valence electrons. The van der Waals surface area contributed by atoms with Gasteiger partial charge in [0.25, 0.3) is 0 Å². The van der Waals surface area contributed by atoms with Crippen LogP contribution in [-0.4, -0.2) is 0 Å². The molecular weight excluding hydrogens is 520 g/mol. The summed E-state index contributed by atoms with van der Waals surface area (Å²) < 4.78 is 221. The van der Waals surface area contributed by atoms with Gasteiger partial charge >= 0.3 is 0 Å².